The standard InChI is InChI=1S/C14H25N3O3/c1-16-9-5-11(6-10-16)4-7-15-14(20)17-8-2-3-12(17)13(18)19/h11-12H,2-10H2,1H3,(H,15,20)(H,18,19)/t12-/m1/s1. The van der Waals surface area contributed by atoms with E-state index in [0.717, 1.165) is 25.9 Å². The number of nitrogens with zero attached hydrogens (tertiary/aromatic N) is 2. The fourth-order valence-electron chi connectivity index (χ4n) is 3.10. The topological polar surface area (TPSA) is 72.9 Å². The Morgan fingerprint density at radius 3 is 2.55 bits per heavy atom. The van der Waals surface area contributed by atoms with Crippen LogP contribution in [0, 0.1) is 5.92 Å². The average Bonchev–Trinajstić information content (AvgIpc) is 2.90. The van der Waals surface area contributed by atoms with Crippen LogP contribution in [0.15, 0.2) is 0 Å². The number of aliphatic carboxylic acids is 1. The second-order valence-corrected chi connectivity index (χ2v) is 5.96. The van der Waals surface area contributed by atoms with E-state index in [0.29, 0.717) is 25.4 Å². The first-order valence-corrected chi connectivity index (χ1v) is 7.53. The lowest BCUT2D eigenvalue weighted by Gasteiger charge is -2.29. The molecule has 2 rings (SSSR count). The maximum atomic E-state index is 12.0. The van der Waals surface area contributed by atoms with Crippen molar-refractivity contribution in [2.24, 2.45) is 5.92 Å². The lowest BCUT2D eigenvalue weighted by Crippen LogP contribution is -2.46. The van der Waals surface area contributed by atoms with Crippen molar-refractivity contribution in [3.63, 3.8) is 0 Å². The molecule has 0 aromatic heterocycles. The highest BCUT2D eigenvalue weighted by Gasteiger charge is 2.33. The molecule has 0 aromatic carbocycles. The van der Waals surface area contributed by atoms with Gasteiger partial charge in [0, 0.05) is 13.1 Å². The highest BCUT2D eigenvalue weighted by Crippen LogP contribution is 2.19. The van der Waals surface area contributed by atoms with E-state index in [-0.39, 0.29) is 6.03 Å². The van der Waals surface area contributed by atoms with Crippen molar-refractivity contribution in [3.05, 3.63) is 0 Å². The Bertz CT molecular complexity index is 354. The maximum absolute atomic E-state index is 12.0. The lowest BCUT2D eigenvalue weighted by molar-refractivity contribution is -0.141. The number of rotatable bonds is 4. The molecule has 0 unspecified atom stereocenters. The molecule has 2 fully saturated rings. The van der Waals surface area contributed by atoms with E-state index in [1.54, 1.807) is 0 Å². The zero-order valence-electron chi connectivity index (χ0n) is 12.2. The van der Waals surface area contributed by atoms with Crippen LogP contribution >= 0.6 is 0 Å². The van der Waals surface area contributed by atoms with Gasteiger partial charge in [0.2, 0.25) is 0 Å². The molecule has 20 heavy (non-hydrogen) atoms. The van der Waals surface area contributed by atoms with E-state index in [1.807, 2.05) is 0 Å². The third-order valence-corrected chi connectivity index (χ3v) is 4.47. The quantitative estimate of drug-likeness (QED) is 0.806. The van der Waals surface area contributed by atoms with Crippen LogP contribution < -0.4 is 5.32 Å². The first-order chi connectivity index (χ1) is 9.58. The summed E-state index contributed by atoms with van der Waals surface area (Å²) in [7, 11) is 2.14. The molecule has 2 saturated heterocycles. The fraction of sp³-hybridized carbons (Fsp3) is 0.857. The molecule has 0 aliphatic carbocycles. The van der Waals surface area contributed by atoms with Gasteiger partial charge in [-0.25, -0.2) is 9.59 Å². The first-order valence-electron chi connectivity index (χ1n) is 7.53. The molecule has 2 N–H and O–H groups in total. The third kappa shape index (κ3) is 3.85. The maximum Gasteiger partial charge on any atom is 0.326 e. The Labute approximate surface area is 120 Å². The van der Waals surface area contributed by atoms with Crippen molar-refractivity contribution >= 4 is 12.0 Å². The Balaban J connectivity index is 1.68. The van der Waals surface area contributed by atoms with E-state index < -0.39 is 12.0 Å². The van der Waals surface area contributed by atoms with Gasteiger partial charge in [-0.3, -0.25) is 0 Å². The van der Waals surface area contributed by atoms with Gasteiger partial charge < -0.3 is 20.2 Å². The van der Waals surface area contributed by atoms with Gasteiger partial charge in [0.25, 0.3) is 0 Å². The second-order valence-electron chi connectivity index (χ2n) is 5.96. The second kappa shape index (κ2) is 6.92. The zero-order chi connectivity index (χ0) is 14.5. The van der Waals surface area contributed by atoms with Gasteiger partial charge in [0.05, 0.1) is 0 Å². The van der Waals surface area contributed by atoms with Crippen LogP contribution in [0.4, 0.5) is 4.79 Å². The van der Waals surface area contributed by atoms with E-state index >= 15 is 0 Å². The number of piperidine rings is 1. The van der Waals surface area contributed by atoms with Gasteiger partial charge in [-0.05, 0) is 58.2 Å². The van der Waals surface area contributed by atoms with E-state index in [1.165, 1.54) is 17.7 Å². The predicted octanol–water partition coefficient (Wildman–Crippen LogP) is 0.977. The van der Waals surface area contributed by atoms with Crippen LogP contribution in [0.5, 0.6) is 0 Å². The summed E-state index contributed by atoms with van der Waals surface area (Å²) in [5.41, 5.74) is 0. The summed E-state index contributed by atoms with van der Waals surface area (Å²) in [5.74, 6) is -0.215. The molecule has 1 atom stereocenters. The van der Waals surface area contributed by atoms with Gasteiger partial charge in [0.15, 0.2) is 0 Å². The molecule has 2 amide bonds. The minimum absolute atomic E-state index is 0.220. The van der Waals surface area contributed by atoms with Gasteiger partial charge >= 0.3 is 12.0 Å². The van der Waals surface area contributed by atoms with Crippen LogP contribution in [0.1, 0.15) is 32.1 Å². The Morgan fingerprint density at radius 2 is 1.90 bits per heavy atom. The summed E-state index contributed by atoms with van der Waals surface area (Å²) in [4.78, 5) is 26.8. The molecule has 6 nitrogen and oxygen atoms in total. The number of carbonyl (C=O) groups excluding carboxylic acids is 1. The number of hydrogen-bond donors (Lipinski definition) is 2. The summed E-state index contributed by atoms with van der Waals surface area (Å²) in [6.45, 7) is 3.46. The molecule has 6 heteroatoms. The molecular formula is C14H25N3O3. The molecular weight excluding hydrogens is 258 g/mol. The minimum Gasteiger partial charge on any atom is -0.480 e. The number of nitrogens with one attached hydrogen (secondary N) is 1. The SMILES string of the molecule is CN1CCC(CCNC(=O)N2CCC[C@@H]2C(=O)O)CC1. The van der Waals surface area contributed by atoms with Crippen LogP contribution in [-0.4, -0.2) is 66.2 Å². The number of carbonyl (C=O) groups is 2. The molecule has 2 heterocycles. The number of likely N-dealkylation sites (tertiary alicyclic amines) is 2. The van der Waals surface area contributed by atoms with Crippen molar-refractivity contribution in [1.82, 2.24) is 15.1 Å². The smallest absolute Gasteiger partial charge is 0.326 e. The number of urea groups is 1. The Hall–Kier alpha value is -1.30. The van der Waals surface area contributed by atoms with E-state index in [4.69, 9.17) is 5.11 Å². The summed E-state index contributed by atoms with van der Waals surface area (Å²) in [5, 5.41) is 11.9. The summed E-state index contributed by atoms with van der Waals surface area (Å²) >= 11 is 0. The molecule has 2 aliphatic heterocycles. The highest BCUT2D eigenvalue weighted by atomic mass is 16.4. The van der Waals surface area contributed by atoms with Crippen molar-refractivity contribution in [2.75, 3.05) is 33.2 Å². The van der Waals surface area contributed by atoms with E-state index in [9.17, 15) is 9.59 Å². The van der Waals surface area contributed by atoms with Crippen LogP contribution in [0.25, 0.3) is 0 Å². The largest absolute Gasteiger partial charge is 0.480 e. The van der Waals surface area contributed by atoms with Gasteiger partial charge in [-0.15, -0.1) is 0 Å². The predicted molar refractivity (Wildman–Crippen MR) is 75.6 cm³/mol. The summed E-state index contributed by atoms with van der Waals surface area (Å²) < 4.78 is 0. The van der Waals surface area contributed by atoms with Gasteiger partial charge in [-0.2, -0.15) is 0 Å². The fourth-order valence-corrected chi connectivity index (χ4v) is 3.10. The van der Waals surface area contributed by atoms with Crippen LogP contribution in [0.3, 0.4) is 0 Å². The molecule has 0 bridgehead atoms. The zero-order valence-corrected chi connectivity index (χ0v) is 12.2. The van der Waals surface area contributed by atoms with Crippen LogP contribution in [0.2, 0.25) is 0 Å². The lowest BCUT2D eigenvalue weighted by atomic mass is 9.94. The molecule has 0 aromatic rings. The first kappa shape index (κ1) is 15.1. The normalized spacial score (nSPS) is 24.9. The van der Waals surface area contributed by atoms with Gasteiger partial charge in [-0.1, -0.05) is 0 Å². The summed E-state index contributed by atoms with van der Waals surface area (Å²) in [6.07, 6.45) is 4.71. The van der Waals surface area contributed by atoms with Crippen LogP contribution in [-0.2, 0) is 4.79 Å². The molecule has 114 valence electrons. The van der Waals surface area contributed by atoms with E-state index in [2.05, 4.69) is 17.3 Å². The monoisotopic (exact) mass is 283 g/mol. The molecule has 0 radical (unpaired) electrons. The Kier molecular flexibility index (Phi) is 5.23. The minimum atomic E-state index is -0.895. The molecule has 0 spiro atoms. The Morgan fingerprint density at radius 1 is 1.20 bits per heavy atom. The number of carboxylic acids is 1. The third-order valence-electron chi connectivity index (χ3n) is 4.47. The van der Waals surface area contributed by atoms with Crippen molar-refractivity contribution in [3.8, 4) is 0 Å². The summed E-state index contributed by atoms with van der Waals surface area (Å²) in [6, 6.07) is -0.860. The van der Waals surface area contributed by atoms with Crippen molar-refractivity contribution in [2.45, 2.75) is 38.1 Å². The average molecular weight is 283 g/mol. The number of amides is 2. The number of carboxylic acid groups (broad SMARTS) is 1. The van der Waals surface area contributed by atoms with Gasteiger partial charge in [0.1, 0.15) is 6.04 Å². The van der Waals surface area contributed by atoms with Crippen molar-refractivity contribution < 1.29 is 14.7 Å². The molecule has 0 saturated carbocycles. The highest BCUT2D eigenvalue weighted by molar-refractivity contribution is 5.83. The molecule has 2 aliphatic rings. The van der Waals surface area contributed by atoms with Crippen molar-refractivity contribution in [1.29, 1.82) is 0 Å². The number of hydrogen-bond acceptors (Lipinski definition) is 3.